The van der Waals surface area contributed by atoms with Gasteiger partial charge in [-0.3, -0.25) is 14.7 Å². The van der Waals surface area contributed by atoms with Gasteiger partial charge in [-0.05, 0) is 63.4 Å². The molecule has 4 nitrogen and oxygen atoms in total. The van der Waals surface area contributed by atoms with Crippen molar-refractivity contribution in [2.24, 2.45) is 16.3 Å². The van der Waals surface area contributed by atoms with Crippen LogP contribution in [0.5, 0.6) is 0 Å². The Morgan fingerprint density at radius 3 is 2.33 bits per heavy atom. The summed E-state index contributed by atoms with van der Waals surface area (Å²) in [7, 11) is 0. The largest absolute Gasteiger partial charge is 0.356 e. The van der Waals surface area contributed by atoms with Crippen molar-refractivity contribution < 1.29 is 9.18 Å². The van der Waals surface area contributed by atoms with Gasteiger partial charge in [0.15, 0.2) is 0 Å². The molecule has 0 aliphatic carbocycles. The van der Waals surface area contributed by atoms with Crippen LogP contribution in [0.4, 0.5) is 4.39 Å². The van der Waals surface area contributed by atoms with Crippen LogP contribution in [0.2, 0.25) is 0 Å². The van der Waals surface area contributed by atoms with Crippen LogP contribution in [-0.4, -0.2) is 36.2 Å². The second-order valence-corrected chi connectivity index (χ2v) is 9.37. The van der Waals surface area contributed by atoms with Crippen molar-refractivity contribution in [2.45, 2.75) is 67.3 Å². The van der Waals surface area contributed by atoms with Crippen LogP contribution >= 0.6 is 0 Å². The number of hydrogen-bond acceptors (Lipinski definition) is 3. The predicted molar refractivity (Wildman–Crippen MR) is 153 cm³/mol. The van der Waals surface area contributed by atoms with Gasteiger partial charge in [-0.25, -0.2) is 4.39 Å². The van der Waals surface area contributed by atoms with Crippen molar-refractivity contribution in [3.8, 4) is 0 Å². The number of amides is 1. The third kappa shape index (κ3) is 9.34. The Bertz CT molecular complexity index is 936. The van der Waals surface area contributed by atoms with Crippen LogP contribution in [0, 0.1) is 11.3 Å². The van der Waals surface area contributed by atoms with E-state index >= 15 is 0 Å². The Kier molecular flexibility index (Phi) is 13.9. The van der Waals surface area contributed by atoms with E-state index in [0.717, 1.165) is 43.8 Å². The lowest BCUT2D eigenvalue weighted by Crippen LogP contribution is -2.54. The Balaban J connectivity index is 0.00000316. The molecule has 0 bridgehead atoms. The zero-order valence-electron chi connectivity index (χ0n) is 23.2. The maximum absolute atomic E-state index is 13.4. The first-order valence-electron chi connectivity index (χ1n) is 13.2. The second-order valence-electron chi connectivity index (χ2n) is 9.37. The molecule has 1 aromatic rings. The number of piperidine rings is 1. The van der Waals surface area contributed by atoms with Gasteiger partial charge in [-0.2, -0.15) is 0 Å². The number of nitrogens with one attached hydrogen (secondary N) is 1. The molecule has 0 radical (unpaired) electrons. The first kappa shape index (κ1) is 31.2. The van der Waals surface area contributed by atoms with Crippen LogP contribution in [0.1, 0.15) is 66.4 Å². The van der Waals surface area contributed by atoms with Gasteiger partial charge in [-0.15, -0.1) is 0 Å². The molecule has 198 valence electrons. The fourth-order valence-electron chi connectivity index (χ4n) is 4.53. The van der Waals surface area contributed by atoms with Crippen molar-refractivity contribution in [3.63, 3.8) is 0 Å². The lowest BCUT2D eigenvalue weighted by molar-refractivity contribution is -0.129. The van der Waals surface area contributed by atoms with E-state index in [1.165, 1.54) is 17.7 Å². The number of aliphatic imine (C=N–C) groups is 1. The first-order chi connectivity index (χ1) is 17.2. The van der Waals surface area contributed by atoms with Gasteiger partial charge in [0.05, 0.1) is 5.41 Å². The quantitative estimate of drug-likeness (QED) is 0.256. The van der Waals surface area contributed by atoms with Gasteiger partial charge in [0.2, 0.25) is 5.91 Å². The average Bonchev–Trinajstić information content (AvgIpc) is 2.88. The molecule has 2 rings (SSSR count). The minimum absolute atomic E-state index is 0.0536. The molecule has 0 atom stereocenters. The van der Waals surface area contributed by atoms with E-state index < -0.39 is 5.41 Å². The lowest BCUT2D eigenvalue weighted by Gasteiger charge is -2.42. The van der Waals surface area contributed by atoms with Crippen LogP contribution in [-0.2, 0) is 11.3 Å². The van der Waals surface area contributed by atoms with Crippen LogP contribution in [0.15, 0.2) is 83.8 Å². The van der Waals surface area contributed by atoms with Gasteiger partial charge in [0.1, 0.15) is 5.83 Å². The highest BCUT2D eigenvalue weighted by molar-refractivity contribution is 6.10. The molecule has 0 saturated carbocycles. The maximum Gasteiger partial charge on any atom is 0.232 e. The summed E-state index contributed by atoms with van der Waals surface area (Å²) in [5.41, 5.74) is 3.15. The highest BCUT2D eigenvalue weighted by Gasteiger charge is 2.46. The van der Waals surface area contributed by atoms with Crippen molar-refractivity contribution in [2.75, 3.05) is 19.6 Å². The molecule has 1 heterocycles. The fourth-order valence-corrected chi connectivity index (χ4v) is 4.53. The number of likely N-dealkylation sites (tertiary alicyclic amines) is 1. The molecule has 1 aliphatic heterocycles. The van der Waals surface area contributed by atoms with Gasteiger partial charge in [0.25, 0.3) is 0 Å². The Labute approximate surface area is 218 Å². The van der Waals surface area contributed by atoms with E-state index in [9.17, 15) is 9.18 Å². The van der Waals surface area contributed by atoms with E-state index in [4.69, 9.17) is 4.99 Å². The number of allylic oxidation sites excluding steroid dienone is 5. The molecule has 1 aliphatic rings. The van der Waals surface area contributed by atoms with Crippen LogP contribution in [0.25, 0.3) is 0 Å². The molecule has 1 N–H and O–H groups in total. The van der Waals surface area contributed by atoms with Crippen molar-refractivity contribution in [1.29, 1.82) is 0 Å². The molecular weight excluding hydrogens is 449 g/mol. The molecule has 1 saturated heterocycles. The monoisotopic (exact) mass is 495 g/mol. The molecule has 1 amide bonds. The van der Waals surface area contributed by atoms with Crippen molar-refractivity contribution >= 4 is 11.6 Å². The smallest absolute Gasteiger partial charge is 0.232 e. The Hall–Kier alpha value is -2.79. The zero-order chi connectivity index (χ0) is 27.1. The zero-order valence-corrected chi connectivity index (χ0v) is 23.2. The second kappa shape index (κ2) is 16.1. The summed E-state index contributed by atoms with van der Waals surface area (Å²) in [6.45, 7) is 22.8. The molecule has 5 heteroatoms. The number of benzene rings is 1. The van der Waals surface area contributed by atoms with Crippen LogP contribution in [0.3, 0.4) is 0 Å². The number of rotatable bonds is 11. The standard InChI is InChI=1S/C29H40FN3O.C2H6/c1-7-26(30)15-14-23(5)20-24(6)32-27(22(3)4)29(28(34)31-8-2)16-18-33(19-17-29)21-25-12-10-9-11-13-25;1-2/h7,9-15,22H,1,6,8,16-21H2,2-5H3,(H,31,34);1-2H3/b23-14+,26-15+,32-27?;. The summed E-state index contributed by atoms with van der Waals surface area (Å²) in [4.78, 5) is 20.8. The molecule has 36 heavy (non-hydrogen) atoms. The lowest BCUT2D eigenvalue weighted by atomic mass is 9.70. The molecule has 1 aromatic carbocycles. The van der Waals surface area contributed by atoms with Gasteiger partial charge >= 0.3 is 0 Å². The minimum Gasteiger partial charge on any atom is -0.356 e. The fraction of sp³-hybridized carbons (Fsp3) is 0.484. The molecule has 1 fully saturated rings. The normalized spacial score (nSPS) is 16.7. The number of halogens is 1. The summed E-state index contributed by atoms with van der Waals surface area (Å²) in [6, 6.07) is 10.4. The SMILES string of the molecule is C=C/C(F)=C\C=C(/C)CC(=C)N=C(C(C)C)C1(C(=O)NCC)CCN(Cc2ccccc2)CC1.CC. The molecule has 0 spiro atoms. The van der Waals surface area contributed by atoms with Crippen molar-refractivity contribution in [3.05, 3.63) is 84.4 Å². The van der Waals surface area contributed by atoms with E-state index in [0.29, 0.717) is 18.7 Å². The minimum atomic E-state index is -0.646. The predicted octanol–water partition coefficient (Wildman–Crippen LogP) is 7.42. The molecule has 0 aromatic heterocycles. The number of carbonyl (C=O) groups excluding carboxylic acids is 1. The topological polar surface area (TPSA) is 44.7 Å². The van der Waals surface area contributed by atoms with Crippen molar-refractivity contribution in [1.82, 2.24) is 10.2 Å². The molecule has 0 unspecified atom stereocenters. The summed E-state index contributed by atoms with van der Waals surface area (Å²) in [5.74, 6) is -0.228. The molecular formula is C31H46FN3O. The number of hydrogen-bond donors (Lipinski definition) is 1. The Morgan fingerprint density at radius 2 is 1.81 bits per heavy atom. The highest BCUT2D eigenvalue weighted by Crippen LogP contribution is 2.37. The van der Waals surface area contributed by atoms with Gasteiger partial charge in [0, 0.05) is 30.9 Å². The van der Waals surface area contributed by atoms with E-state index in [2.05, 4.69) is 61.5 Å². The van der Waals surface area contributed by atoms with Crippen LogP contribution < -0.4 is 5.32 Å². The Morgan fingerprint density at radius 1 is 1.19 bits per heavy atom. The number of carbonyl (C=O) groups is 1. The van der Waals surface area contributed by atoms with E-state index in [1.807, 2.05) is 33.8 Å². The summed E-state index contributed by atoms with van der Waals surface area (Å²) >= 11 is 0. The summed E-state index contributed by atoms with van der Waals surface area (Å²) < 4.78 is 13.4. The average molecular weight is 496 g/mol. The third-order valence-corrected chi connectivity index (χ3v) is 6.25. The van der Waals surface area contributed by atoms with E-state index in [-0.39, 0.29) is 17.7 Å². The van der Waals surface area contributed by atoms with Gasteiger partial charge < -0.3 is 5.32 Å². The maximum atomic E-state index is 13.4. The first-order valence-corrected chi connectivity index (χ1v) is 13.2. The van der Waals surface area contributed by atoms with Gasteiger partial charge in [-0.1, -0.05) is 82.8 Å². The third-order valence-electron chi connectivity index (χ3n) is 6.25. The summed E-state index contributed by atoms with van der Waals surface area (Å²) in [6.07, 6.45) is 6.24. The highest BCUT2D eigenvalue weighted by atomic mass is 19.1. The van der Waals surface area contributed by atoms with E-state index in [1.54, 1.807) is 6.08 Å². The number of nitrogens with zero attached hydrogens (tertiary/aromatic N) is 2. The summed E-state index contributed by atoms with van der Waals surface area (Å²) in [5, 5.41) is 3.07.